The molecule has 0 aromatic heterocycles. The summed E-state index contributed by atoms with van der Waals surface area (Å²) >= 11 is 0. The minimum atomic E-state index is -1.30. The SMILES string of the molecule is CCNOC1OC(CO)C(O)C(O)C1NC(C)=O. The molecule has 5 unspecified atom stereocenters. The Morgan fingerprint density at radius 3 is 2.56 bits per heavy atom. The first-order valence-corrected chi connectivity index (χ1v) is 5.79. The number of amides is 1. The number of aliphatic hydroxyl groups excluding tert-OH is 3. The van der Waals surface area contributed by atoms with Crippen LogP contribution in [-0.2, 0) is 14.4 Å². The van der Waals surface area contributed by atoms with Crippen LogP contribution in [0.3, 0.4) is 0 Å². The van der Waals surface area contributed by atoms with Gasteiger partial charge in [-0.2, -0.15) is 5.48 Å². The number of aliphatic hydroxyl groups is 3. The summed E-state index contributed by atoms with van der Waals surface area (Å²) in [6, 6.07) is -0.917. The van der Waals surface area contributed by atoms with Gasteiger partial charge in [0.1, 0.15) is 24.4 Å². The molecule has 5 atom stereocenters. The topological polar surface area (TPSA) is 120 Å². The third-order valence-electron chi connectivity index (χ3n) is 2.59. The summed E-state index contributed by atoms with van der Waals surface area (Å²) in [5.74, 6) is -0.387. The molecular weight excluding hydrogens is 244 g/mol. The number of hydrogen-bond donors (Lipinski definition) is 5. The lowest BCUT2D eigenvalue weighted by Gasteiger charge is -2.41. The first-order chi connectivity index (χ1) is 8.51. The minimum Gasteiger partial charge on any atom is -0.394 e. The highest BCUT2D eigenvalue weighted by Crippen LogP contribution is 2.21. The second-order valence-electron chi connectivity index (χ2n) is 4.05. The Morgan fingerprint density at radius 2 is 2.06 bits per heavy atom. The summed E-state index contributed by atoms with van der Waals surface area (Å²) in [4.78, 5) is 16.2. The highest BCUT2D eigenvalue weighted by atomic mass is 16.8. The molecule has 0 aromatic carbocycles. The summed E-state index contributed by atoms with van der Waals surface area (Å²) in [6.45, 7) is 3.11. The fourth-order valence-electron chi connectivity index (χ4n) is 1.74. The van der Waals surface area contributed by atoms with Crippen molar-refractivity contribution >= 4 is 5.91 Å². The first kappa shape index (κ1) is 15.3. The third kappa shape index (κ3) is 3.61. The summed E-state index contributed by atoms with van der Waals surface area (Å²) in [5.41, 5.74) is 2.55. The zero-order chi connectivity index (χ0) is 13.7. The quantitative estimate of drug-likeness (QED) is 0.347. The van der Waals surface area contributed by atoms with Crippen molar-refractivity contribution in [1.82, 2.24) is 10.8 Å². The second kappa shape index (κ2) is 6.98. The van der Waals surface area contributed by atoms with Crippen LogP contribution in [0.25, 0.3) is 0 Å². The minimum absolute atomic E-state index is 0.387. The normalized spacial score (nSPS) is 36.4. The van der Waals surface area contributed by atoms with Crippen molar-refractivity contribution in [2.75, 3.05) is 13.2 Å². The molecular formula is C10H20N2O6. The third-order valence-corrected chi connectivity index (χ3v) is 2.59. The Kier molecular flexibility index (Phi) is 5.93. The van der Waals surface area contributed by atoms with Crippen molar-refractivity contribution < 1.29 is 29.7 Å². The van der Waals surface area contributed by atoms with Crippen LogP contribution in [0.5, 0.6) is 0 Å². The second-order valence-corrected chi connectivity index (χ2v) is 4.05. The van der Waals surface area contributed by atoms with Gasteiger partial charge in [0.05, 0.1) is 6.61 Å². The number of ether oxygens (including phenoxy) is 1. The molecule has 18 heavy (non-hydrogen) atoms. The van der Waals surface area contributed by atoms with E-state index in [1.165, 1.54) is 6.92 Å². The molecule has 1 aliphatic heterocycles. The van der Waals surface area contributed by atoms with Gasteiger partial charge < -0.3 is 25.4 Å². The molecule has 8 heteroatoms. The molecule has 0 aromatic rings. The van der Waals surface area contributed by atoms with Crippen molar-refractivity contribution in [2.24, 2.45) is 0 Å². The van der Waals surface area contributed by atoms with E-state index < -0.39 is 37.3 Å². The molecule has 1 fully saturated rings. The number of carbonyl (C=O) groups is 1. The largest absolute Gasteiger partial charge is 0.394 e. The van der Waals surface area contributed by atoms with E-state index in [2.05, 4.69) is 10.8 Å². The van der Waals surface area contributed by atoms with Crippen molar-refractivity contribution in [1.29, 1.82) is 0 Å². The van der Waals surface area contributed by atoms with E-state index in [9.17, 15) is 15.0 Å². The highest BCUT2D eigenvalue weighted by Gasteiger charge is 2.45. The number of carbonyl (C=O) groups excluding carboxylic acids is 1. The summed E-state index contributed by atoms with van der Waals surface area (Å²) in [7, 11) is 0. The van der Waals surface area contributed by atoms with Crippen LogP contribution in [0.2, 0.25) is 0 Å². The van der Waals surface area contributed by atoms with Crippen LogP contribution in [0, 0.1) is 0 Å². The van der Waals surface area contributed by atoms with E-state index in [0.29, 0.717) is 6.54 Å². The number of hydrogen-bond acceptors (Lipinski definition) is 7. The maximum absolute atomic E-state index is 11.0. The fraction of sp³-hybridized carbons (Fsp3) is 0.900. The van der Waals surface area contributed by atoms with Crippen LogP contribution in [0.1, 0.15) is 13.8 Å². The number of nitrogens with one attached hydrogen (secondary N) is 2. The van der Waals surface area contributed by atoms with Gasteiger partial charge in [-0.25, -0.2) is 0 Å². The Bertz CT molecular complexity index is 277. The van der Waals surface area contributed by atoms with Gasteiger partial charge in [0.25, 0.3) is 0 Å². The van der Waals surface area contributed by atoms with E-state index in [1.54, 1.807) is 6.92 Å². The van der Waals surface area contributed by atoms with Gasteiger partial charge in [-0.05, 0) is 0 Å². The summed E-state index contributed by atoms with van der Waals surface area (Å²) in [6.07, 6.45) is -4.55. The van der Waals surface area contributed by atoms with Crippen molar-refractivity contribution in [2.45, 2.75) is 44.5 Å². The summed E-state index contributed by atoms with van der Waals surface area (Å²) < 4.78 is 5.27. The van der Waals surface area contributed by atoms with Gasteiger partial charge in [-0.1, -0.05) is 6.92 Å². The van der Waals surface area contributed by atoms with Gasteiger partial charge in [0, 0.05) is 13.5 Å². The standard InChI is InChI=1S/C10H20N2O6/c1-3-11-18-10-7(12-5(2)14)9(16)8(15)6(4-13)17-10/h6-11,13,15-16H,3-4H2,1-2H3,(H,12,14). The Hall–Kier alpha value is -0.770. The lowest BCUT2D eigenvalue weighted by atomic mass is 9.97. The van der Waals surface area contributed by atoms with Crippen molar-refractivity contribution in [3.63, 3.8) is 0 Å². The zero-order valence-corrected chi connectivity index (χ0v) is 10.4. The smallest absolute Gasteiger partial charge is 0.217 e. The molecule has 1 rings (SSSR count). The van der Waals surface area contributed by atoms with Crippen LogP contribution >= 0.6 is 0 Å². The molecule has 0 saturated carbocycles. The van der Waals surface area contributed by atoms with Crippen LogP contribution in [0.15, 0.2) is 0 Å². The molecule has 1 saturated heterocycles. The first-order valence-electron chi connectivity index (χ1n) is 5.79. The molecule has 1 heterocycles. The molecule has 106 valence electrons. The number of hydroxylamine groups is 1. The van der Waals surface area contributed by atoms with Crippen LogP contribution in [0.4, 0.5) is 0 Å². The van der Waals surface area contributed by atoms with Gasteiger partial charge in [-0.15, -0.1) is 0 Å². The molecule has 0 aliphatic carbocycles. The predicted octanol–water partition coefficient (Wildman–Crippen LogP) is -2.53. The van der Waals surface area contributed by atoms with Crippen molar-refractivity contribution in [3.8, 4) is 0 Å². The van der Waals surface area contributed by atoms with Gasteiger partial charge >= 0.3 is 0 Å². The lowest BCUT2D eigenvalue weighted by molar-refractivity contribution is -0.286. The summed E-state index contributed by atoms with van der Waals surface area (Å²) in [5, 5.41) is 31.1. The van der Waals surface area contributed by atoms with Crippen LogP contribution < -0.4 is 10.8 Å². The molecule has 5 N–H and O–H groups in total. The van der Waals surface area contributed by atoms with E-state index in [0.717, 1.165) is 0 Å². The maximum Gasteiger partial charge on any atom is 0.217 e. The van der Waals surface area contributed by atoms with Gasteiger partial charge in [-0.3, -0.25) is 9.63 Å². The molecule has 0 radical (unpaired) electrons. The Balaban J connectivity index is 2.76. The molecule has 1 amide bonds. The Labute approximate surface area is 105 Å². The molecule has 0 spiro atoms. The average Bonchev–Trinajstić information content (AvgIpc) is 2.33. The molecule has 8 nitrogen and oxygen atoms in total. The van der Waals surface area contributed by atoms with Crippen LogP contribution in [-0.4, -0.2) is 65.0 Å². The van der Waals surface area contributed by atoms with E-state index >= 15 is 0 Å². The van der Waals surface area contributed by atoms with E-state index in [-0.39, 0.29) is 5.91 Å². The Morgan fingerprint density at radius 1 is 1.39 bits per heavy atom. The van der Waals surface area contributed by atoms with E-state index in [1.807, 2.05) is 0 Å². The van der Waals surface area contributed by atoms with Crippen molar-refractivity contribution in [3.05, 3.63) is 0 Å². The van der Waals surface area contributed by atoms with E-state index in [4.69, 9.17) is 14.7 Å². The molecule has 1 aliphatic rings. The predicted molar refractivity (Wildman–Crippen MR) is 60.1 cm³/mol. The average molecular weight is 264 g/mol. The van der Waals surface area contributed by atoms with Gasteiger partial charge in [0.2, 0.25) is 12.2 Å². The number of rotatable bonds is 5. The fourth-order valence-corrected chi connectivity index (χ4v) is 1.74. The lowest BCUT2D eigenvalue weighted by Crippen LogP contribution is -2.65. The monoisotopic (exact) mass is 264 g/mol. The zero-order valence-electron chi connectivity index (χ0n) is 10.4. The maximum atomic E-state index is 11.0. The molecule has 0 bridgehead atoms. The highest BCUT2D eigenvalue weighted by molar-refractivity contribution is 5.73. The van der Waals surface area contributed by atoms with Gasteiger partial charge in [0.15, 0.2) is 0 Å².